The molecule has 8 heteroatoms. The summed E-state index contributed by atoms with van der Waals surface area (Å²) in [6.07, 6.45) is 5.60. The first-order valence-corrected chi connectivity index (χ1v) is 9.27. The number of hydrogen-bond acceptors (Lipinski definition) is 7. The van der Waals surface area contributed by atoms with E-state index >= 15 is 0 Å². The van der Waals surface area contributed by atoms with E-state index in [0.717, 1.165) is 69.3 Å². The number of aromatic nitrogens is 2. The average molecular weight is 355 g/mol. The van der Waals surface area contributed by atoms with Gasteiger partial charge in [-0.3, -0.25) is 9.69 Å². The molecule has 3 aliphatic heterocycles. The number of piperazine rings is 1. The van der Waals surface area contributed by atoms with Crippen LogP contribution in [0.3, 0.4) is 0 Å². The van der Waals surface area contributed by atoms with Gasteiger partial charge in [-0.25, -0.2) is 9.97 Å². The maximum absolute atomic E-state index is 12.4. The monoisotopic (exact) mass is 355 g/mol. The number of hydrogen-bond donors (Lipinski definition) is 0. The molecule has 0 saturated carbocycles. The topological polar surface area (TPSA) is 77.3 Å². The van der Waals surface area contributed by atoms with Crippen LogP contribution in [0, 0.1) is 12.8 Å². The smallest absolute Gasteiger partial charge is 0.259 e. The number of amidine groups is 1. The molecule has 0 N–H and O–H groups in total. The molecule has 4 rings (SSSR count). The van der Waals surface area contributed by atoms with Gasteiger partial charge in [-0.15, -0.1) is 0 Å². The lowest BCUT2D eigenvalue weighted by Gasteiger charge is -2.38. The predicted molar refractivity (Wildman–Crippen MR) is 98.9 cm³/mol. The quantitative estimate of drug-likeness (QED) is 0.771. The third-order valence-electron chi connectivity index (χ3n) is 5.27. The highest BCUT2D eigenvalue weighted by molar-refractivity contribution is 6.14. The molecule has 3 aliphatic rings. The van der Waals surface area contributed by atoms with E-state index in [0.29, 0.717) is 5.96 Å². The van der Waals surface area contributed by atoms with Gasteiger partial charge in [0.15, 0.2) is 0 Å². The summed E-state index contributed by atoms with van der Waals surface area (Å²) in [7, 11) is 2.01. The number of carbonyl (C=O) groups excluding carboxylic acids is 1. The van der Waals surface area contributed by atoms with Crippen molar-refractivity contribution < 1.29 is 4.79 Å². The van der Waals surface area contributed by atoms with Gasteiger partial charge in [0.25, 0.3) is 5.91 Å². The Morgan fingerprint density at radius 2 is 1.81 bits per heavy atom. The summed E-state index contributed by atoms with van der Waals surface area (Å²) in [6, 6.07) is 0. The molecule has 1 aromatic heterocycles. The molecule has 2 fully saturated rings. The molecule has 1 amide bonds. The van der Waals surface area contributed by atoms with Crippen molar-refractivity contribution in [3.8, 4) is 0 Å². The zero-order valence-electron chi connectivity index (χ0n) is 15.4. The standard InChI is InChI=1S/C18H25N7O/c1-13-10-19-15(20-11-13)12-24-6-8-25(9-7-24)18-21-16-14(17(26)22-18)4-3-5-23(16)2/h10-11,14H,3-9,12H2,1-2H3. The number of piperidine rings is 1. The Labute approximate surface area is 153 Å². The molecule has 0 aromatic carbocycles. The molecule has 1 atom stereocenters. The maximum Gasteiger partial charge on any atom is 0.259 e. The summed E-state index contributed by atoms with van der Waals surface area (Å²) in [5.41, 5.74) is 1.07. The number of aliphatic imine (C=N–C) groups is 2. The van der Waals surface area contributed by atoms with Crippen LogP contribution in [-0.2, 0) is 11.3 Å². The summed E-state index contributed by atoms with van der Waals surface area (Å²) < 4.78 is 0. The lowest BCUT2D eigenvalue weighted by Crippen LogP contribution is -2.51. The van der Waals surface area contributed by atoms with E-state index in [9.17, 15) is 4.79 Å². The molecule has 0 spiro atoms. The first-order chi connectivity index (χ1) is 12.6. The fraction of sp³-hybridized carbons (Fsp3) is 0.611. The van der Waals surface area contributed by atoms with Gasteiger partial charge in [-0.2, -0.15) is 9.98 Å². The van der Waals surface area contributed by atoms with E-state index in [2.05, 4.69) is 29.7 Å². The Balaban J connectivity index is 1.38. The van der Waals surface area contributed by atoms with Gasteiger partial charge < -0.3 is 9.80 Å². The predicted octanol–water partition coefficient (Wildman–Crippen LogP) is 0.539. The van der Waals surface area contributed by atoms with Crippen molar-refractivity contribution in [2.45, 2.75) is 26.3 Å². The SMILES string of the molecule is Cc1cnc(CN2CCN(C3=NC(=O)C4CCCN(C)C4=N3)CC2)nc1. The maximum atomic E-state index is 12.4. The molecule has 0 radical (unpaired) electrons. The second-order valence-electron chi connectivity index (χ2n) is 7.28. The van der Waals surface area contributed by atoms with E-state index in [-0.39, 0.29) is 11.8 Å². The van der Waals surface area contributed by atoms with Gasteiger partial charge >= 0.3 is 0 Å². The molecule has 2 saturated heterocycles. The van der Waals surface area contributed by atoms with Gasteiger partial charge in [0.2, 0.25) is 5.96 Å². The molecular weight excluding hydrogens is 330 g/mol. The summed E-state index contributed by atoms with van der Waals surface area (Å²) in [5.74, 6) is 2.15. The lowest BCUT2D eigenvalue weighted by atomic mass is 9.95. The highest BCUT2D eigenvalue weighted by Crippen LogP contribution is 2.23. The van der Waals surface area contributed by atoms with E-state index in [1.807, 2.05) is 26.4 Å². The van der Waals surface area contributed by atoms with Crippen LogP contribution in [0.4, 0.5) is 0 Å². The van der Waals surface area contributed by atoms with Gasteiger partial charge in [-0.05, 0) is 25.3 Å². The number of guanidine groups is 1. The largest absolute Gasteiger partial charge is 0.362 e. The van der Waals surface area contributed by atoms with Crippen molar-refractivity contribution in [1.82, 2.24) is 24.7 Å². The first kappa shape index (κ1) is 17.1. The molecule has 0 bridgehead atoms. The fourth-order valence-electron chi connectivity index (χ4n) is 3.69. The Morgan fingerprint density at radius 3 is 2.54 bits per heavy atom. The number of rotatable bonds is 2. The lowest BCUT2D eigenvalue weighted by molar-refractivity contribution is -0.120. The van der Waals surface area contributed by atoms with Crippen molar-refractivity contribution in [2.24, 2.45) is 15.9 Å². The van der Waals surface area contributed by atoms with Crippen LogP contribution in [0.15, 0.2) is 22.4 Å². The summed E-state index contributed by atoms with van der Waals surface area (Å²) >= 11 is 0. The Kier molecular flexibility index (Phi) is 4.67. The third-order valence-corrected chi connectivity index (χ3v) is 5.27. The molecule has 0 aliphatic carbocycles. The normalized spacial score (nSPS) is 24.2. The minimum absolute atomic E-state index is 0.0352. The highest BCUT2D eigenvalue weighted by Gasteiger charge is 2.35. The fourth-order valence-corrected chi connectivity index (χ4v) is 3.69. The molecule has 4 heterocycles. The Morgan fingerprint density at radius 1 is 1.08 bits per heavy atom. The molecular formula is C18H25N7O. The number of amides is 1. The molecule has 138 valence electrons. The molecule has 1 unspecified atom stereocenters. The van der Waals surface area contributed by atoms with Crippen molar-refractivity contribution in [3.63, 3.8) is 0 Å². The number of likely N-dealkylation sites (tertiary alicyclic amines) is 1. The molecule has 1 aromatic rings. The zero-order chi connectivity index (χ0) is 18.1. The summed E-state index contributed by atoms with van der Waals surface area (Å²) in [6.45, 7) is 7.08. The first-order valence-electron chi connectivity index (χ1n) is 9.27. The molecule has 8 nitrogen and oxygen atoms in total. The van der Waals surface area contributed by atoms with E-state index in [1.54, 1.807) is 0 Å². The van der Waals surface area contributed by atoms with Crippen molar-refractivity contribution in [2.75, 3.05) is 39.8 Å². The third kappa shape index (κ3) is 3.46. The number of fused-ring (bicyclic) bond motifs is 1. The zero-order valence-corrected chi connectivity index (χ0v) is 15.4. The second-order valence-corrected chi connectivity index (χ2v) is 7.28. The molecule has 26 heavy (non-hydrogen) atoms. The van der Waals surface area contributed by atoms with Gasteiger partial charge in [-0.1, -0.05) is 0 Å². The van der Waals surface area contributed by atoms with Crippen molar-refractivity contribution in [1.29, 1.82) is 0 Å². The van der Waals surface area contributed by atoms with Gasteiger partial charge in [0.05, 0.1) is 12.5 Å². The summed E-state index contributed by atoms with van der Waals surface area (Å²) in [4.78, 5) is 36.8. The van der Waals surface area contributed by atoms with Crippen LogP contribution in [0.5, 0.6) is 0 Å². The van der Waals surface area contributed by atoms with Gasteiger partial charge in [0, 0.05) is 52.2 Å². The van der Waals surface area contributed by atoms with Gasteiger partial charge in [0.1, 0.15) is 11.7 Å². The average Bonchev–Trinajstić information content (AvgIpc) is 2.65. The number of aryl methyl sites for hydroxylation is 1. The van der Waals surface area contributed by atoms with Crippen LogP contribution in [0.2, 0.25) is 0 Å². The summed E-state index contributed by atoms with van der Waals surface area (Å²) in [5, 5.41) is 0. The van der Waals surface area contributed by atoms with Crippen LogP contribution < -0.4 is 0 Å². The number of carbonyl (C=O) groups is 1. The Hall–Kier alpha value is -2.35. The van der Waals surface area contributed by atoms with Crippen LogP contribution >= 0.6 is 0 Å². The van der Waals surface area contributed by atoms with E-state index in [1.165, 1.54) is 0 Å². The van der Waals surface area contributed by atoms with E-state index < -0.39 is 0 Å². The minimum atomic E-state index is -0.141. The van der Waals surface area contributed by atoms with Crippen LogP contribution in [0.25, 0.3) is 0 Å². The van der Waals surface area contributed by atoms with Crippen molar-refractivity contribution in [3.05, 3.63) is 23.8 Å². The number of nitrogens with zero attached hydrogens (tertiary/aromatic N) is 7. The van der Waals surface area contributed by atoms with Crippen LogP contribution in [-0.4, -0.2) is 82.1 Å². The van der Waals surface area contributed by atoms with E-state index in [4.69, 9.17) is 4.99 Å². The second kappa shape index (κ2) is 7.11. The van der Waals surface area contributed by atoms with Crippen LogP contribution in [0.1, 0.15) is 24.2 Å². The minimum Gasteiger partial charge on any atom is -0.362 e. The van der Waals surface area contributed by atoms with Crippen molar-refractivity contribution >= 4 is 17.7 Å². The highest BCUT2D eigenvalue weighted by atomic mass is 16.1. The Bertz CT molecular complexity index is 734.